The highest BCUT2D eigenvalue weighted by atomic mass is 16.4. The number of nitrogens with zero attached hydrogens (tertiary/aromatic N) is 4. The molecule has 0 unspecified atom stereocenters. The van der Waals surface area contributed by atoms with Crippen molar-refractivity contribution in [1.29, 1.82) is 0 Å². The van der Waals surface area contributed by atoms with Crippen LogP contribution in [0.1, 0.15) is 61.3 Å². The van der Waals surface area contributed by atoms with Crippen molar-refractivity contribution in [3.8, 4) is 5.88 Å². The summed E-state index contributed by atoms with van der Waals surface area (Å²) in [5.41, 5.74) is 2.78. The van der Waals surface area contributed by atoms with Gasteiger partial charge in [0, 0.05) is 13.5 Å². The molecule has 0 aliphatic carbocycles. The predicted molar refractivity (Wildman–Crippen MR) is 134 cm³/mol. The van der Waals surface area contributed by atoms with Crippen LogP contribution < -0.4 is 10.6 Å². The molecule has 0 aliphatic rings. The fourth-order valence-electron chi connectivity index (χ4n) is 4.00. The minimum Gasteiger partial charge on any atom is -0.493 e. The zero-order valence-electron chi connectivity index (χ0n) is 20.3. The van der Waals surface area contributed by atoms with Gasteiger partial charge in [-0.25, -0.2) is 24.1 Å². The molecule has 5 rings (SSSR count). The van der Waals surface area contributed by atoms with E-state index < -0.39 is 23.8 Å². The number of carbonyl (C=O) groups is 3. The van der Waals surface area contributed by atoms with Gasteiger partial charge in [0.25, 0.3) is 11.8 Å². The second kappa shape index (κ2) is 9.65. The highest BCUT2D eigenvalue weighted by Crippen LogP contribution is 2.19. The molecule has 2 aromatic carbocycles. The van der Waals surface area contributed by atoms with E-state index in [2.05, 4.69) is 25.6 Å². The van der Waals surface area contributed by atoms with Gasteiger partial charge in [0.1, 0.15) is 16.9 Å². The highest BCUT2D eigenvalue weighted by molar-refractivity contribution is 5.98. The van der Waals surface area contributed by atoms with E-state index in [0.29, 0.717) is 22.6 Å². The van der Waals surface area contributed by atoms with Crippen molar-refractivity contribution in [2.24, 2.45) is 0 Å². The number of fused-ring (bicyclic) bond motifs is 2. The van der Waals surface area contributed by atoms with Crippen LogP contribution in [-0.4, -0.2) is 47.3 Å². The van der Waals surface area contributed by atoms with Crippen LogP contribution in [-0.2, 0) is 6.54 Å². The maximum Gasteiger partial charge on any atom is 0.335 e. The van der Waals surface area contributed by atoms with E-state index in [1.807, 2.05) is 0 Å². The molecule has 5 aromatic rings. The first-order valence-electron chi connectivity index (χ1n) is 11.6. The van der Waals surface area contributed by atoms with Crippen LogP contribution >= 0.6 is 0 Å². The van der Waals surface area contributed by atoms with E-state index in [-0.39, 0.29) is 35.2 Å². The summed E-state index contributed by atoms with van der Waals surface area (Å²) < 4.78 is 6.61. The van der Waals surface area contributed by atoms with Crippen molar-refractivity contribution in [2.75, 3.05) is 0 Å². The lowest BCUT2D eigenvalue weighted by Crippen LogP contribution is -2.30. The second-order valence-electron chi connectivity index (χ2n) is 8.62. The zero-order chi connectivity index (χ0) is 27.0. The van der Waals surface area contributed by atoms with Crippen molar-refractivity contribution in [2.45, 2.75) is 26.4 Å². The molecule has 192 valence electrons. The lowest BCUT2D eigenvalue weighted by atomic mass is 10.1. The molecule has 0 spiro atoms. The Kier molecular flexibility index (Phi) is 6.21. The van der Waals surface area contributed by atoms with E-state index in [1.54, 1.807) is 44.2 Å². The van der Waals surface area contributed by atoms with Gasteiger partial charge < -0.3 is 25.3 Å². The van der Waals surface area contributed by atoms with Crippen molar-refractivity contribution in [1.82, 2.24) is 30.0 Å². The number of hydrogen-bond acceptors (Lipinski definition) is 8. The molecule has 0 bridgehead atoms. The van der Waals surface area contributed by atoms with Gasteiger partial charge in [-0.15, -0.1) is 0 Å². The Morgan fingerprint density at radius 3 is 2.55 bits per heavy atom. The van der Waals surface area contributed by atoms with Gasteiger partial charge in [-0.05, 0) is 48.4 Å². The van der Waals surface area contributed by atoms with Gasteiger partial charge in [-0.1, -0.05) is 18.2 Å². The van der Waals surface area contributed by atoms with Crippen molar-refractivity contribution in [3.05, 3.63) is 88.7 Å². The van der Waals surface area contributed by atoms with Crippen molar-refractivity contribution >= 4 is 34.7 Å². The highest BCUT2D eigenvalue weighted by Gasteiger charge is 2.21. The Labute approximate surface area is 215 Å². The Balaban J connectivity index is 1.36. The molecule has 0 radical (unpaired) electrons. The van der Waals surface area contributed by atoms with Crippen LogP contribution in [0.3, 0.4) is 0 Å². The Bertz CT molecular complexity index is 1710. The molecule has 0 aliphatic heterocycles. The first-order chi connectivity index (χ1) is 18.2. The Morgan fingerprint density at radius 1 is 1.05 bits per heavy atom. The second-order valence-corrected chi connectivity index (χ2v) is 8.62. The molecule has 0 saturated carbocycles. The van der Waals surface area contributed by atoms with Gasteiger partial charge in [0.05, 0.1) is 17.8 Å². The van der Waals surface area contributed by atoms with Gasteiger partial charge in [-0.3, -0.25) is 9.59 Å². The first-order valence-corrected chi connectivity index (χ1v) is 11.6. The quantitative estimate of drug-likeness (QED) is 0.255. The summed E-state index contributed by atoms with van der Waals surface area (Å²) >= 11 is 0. The van der Waals surface area contributed by atoms with Crippen LogP contribution in [0.4, 0.5) is 0 Å². The maximum atomic E-state index is 13.1. The van der Waals surface area contributed by atoms with E-state index >= 15 is 0 Å². The fourth-order valence-corrected chi connectivity index (χ4v) is 4.00. The third kappa shape index (κ3) is 4.74. The molecule has 4 N–H and O–H groups in total. The largest absolute Gasteiger partial charge is 0.493 e. The lowest BCUT2D eigenvalue weighted by Gasteiger charge is -2.15. The summed E-state index contributed by atoms with van der Waals surface area (Å²) in [5, 5.41) is 24.9. The Morgan fingerprint density at radius 2 is 1.82 bits per heavy atom. The molecule has 0 saturated heterocycles. The topological polar surface area (TPSA) is 172 Å². The molecule has 12 nitrogen and oxygen atoms in total. The van der Waals surface area contributed by atoms with Crippen molar-refractivity contribution in [3.63, 3.8) is 0 Å². The molecule has 3 aromatic heterocycles. The summed E-state index contributed by atoms with van der Waals surface area (Å²) in [6.45, 7) is 3.64. The van der Waals surface area contributed by atoms with E-state index in [9.17, 15) is 19.5 Å². The number of carboxylic acids is 1. The summed E-state index contributed by atoms with van der Waals surface area (Å²) in [6.07, 6.45) is 1.13. The predicted octanol–water partition coefficient (Wildman–Crippen LogP) is 3.00. The van der Waals surface area contributed by atoms with Crippen LogP contribution in [0.15, 0.2) is 59.1 Å². The standard InChI is InChI=1S/C26H22N6O6/c1-13(16-4-6-17(7-5-16)25(36)37)29-23(34)19-10-20(32-22(33)12-28-26(32)31-19)24(35)27-11-15-3-8-21-18(9-15)30-14(2)38-21/h3-10,12-13,33H,11H2,1-2H3,(H,27,35)(H,29,34)(H,36,37)/t13-/m0/s1. The molecule has 2 amide bonds. The van der Waals surface area contributed by atoms with Crippen LogP contribution in [0, 0.1) is 6.92 Å². The molecule has 3 heterocycles. The van der Waals surface area contributed by atoms with E-state index in [4.69, 9.17) is 9.52 Å². The summed E-state index contributed by atoms with van der Waals surface area (Å²) in [4.78, 5) is 49.7. The van der Waals surface area contributed by atoms with Gasteiger partial charge in [0.2, 0.25) is 11.7 Å². The minimum atomic E-state index is -1.05. The molecular weight excluding hydrogens is 492 g/mol. The van der Waals surface area contributed by atoms with Gasteiger partial charge in [0.15, 0.2) is 11.5 Å². The average Bonchev–Trinajstić information content (AvgIpc) is 3.47. The molecular formula is C26H22N6O6. The zero-order valence-corrected chi connectivity index (χ0v) is 20.3. The van der Waals surface area contributed by atoms with Crippen molar-refractivity contribution < 1.29 is 29.0 Å². The number of aryl methyl sites for hydroxylation is 1. The number of aromatic carboxylic acids is 1. The number of carbonyl (C=O) groups excluding carboxylic acids is 2. The first kappa shape index (κ1) is 24.4. The number of nitrogens with one attached hydrogen (secondary N) is 2. The molecule has 1 atom stereocenters. The number of aromatic nitrogens is 4. The number of benzene rings is 2. The lowest BCUT2D eigenvalue weighted by molar-refractivity contribution is 0.0696. The van der Waals surface area contributed by atoms with Crippen LogP contribution in [0.25, 0.3) is 16.9 Å². The monoisotopic (exact) mass is 514 g/mol. The number of imidazole rings is 1. The average molecular weight is 514 g/mol. The van der Waals surface area contributed by atoms with Crippen LogP contribution in [0.2, 0.25) is 0 Å². The number of aromatic hydroxyl groups is 1. The van der Waals surface area contributed by atoms with E-state index in [0.717, 1.165) is 16.2 Å². The summed E-state index contributed by atoms with van der Waals surface area (Å²) in [6, 6.07) is 12.3. The summed E-state index contributed by atoms with van der Waals surface area (Å²) in [5.74, 6) is -1.99. The third-order valence-electron chi connectivity index (χ3n) is 5.94. The number of rotatable bonds is 7. The van der Waals surface area contributed by atoms with Crippen LogP contribution in [0.5, 0.6) is 5.88 Å². The minimum absolute atomic E-state index is 0.0294. The van der Waals surface area contributed by atoms with E-state index in [1.165, 1.54) is 18.2 Å². The molecule has 12 heteroatoms. The summed E-state index contributed by atoms with van der Waals surface area (Å²) in [7, 11) is 0. The number of hydrogen-bond donors (Lipinski definition) is 4. The normalized spacial score (nSPS) is 11.9. The third-order valence-corrected chi connectivity index (χ3v) is 5.94. The smallest absolute Gasteiger partial charge is 0.335 e. The number of carboxylic acid groups (broad SMARTS) is 1. The molecule has 0 fully saturated rings. The molecule has 38 heavy (non-hydrogen) atoms. The SMILES string of the molecule is Cc1nc2cc(CNC(=O)c3cc(C(=O)N[C@@H](C)c4ccc(C(=O)O)cc4)nc4ncc(O)n34)ccc2o1. The van der Waals surface area contributed by atoms with Gasteiger partial charge >= 0.3 is 5.97 Å². The van der Waals surface area contributed by atoms with Gasteiger partial charge in [-0.2, -0.15) is 0 Å². The Hall–Kier alpha value is -5.26. The maximum absolute atomic E-state index is 13.1. The number of oxazole rings is 1. The number of amides is 2. The fraction of sp³-hybridized carbons (Fsp3) is 0.154.